The van der Waals surface area contributed by atoms with Crippen LogP contribution in [0.15, 0.2) is 66.9 Å². The fourth-order valence-electron chi connectivity index (χ4n) is 3.73. The van der Waals surface area contributed by atoms with Crippen LogP contribution in [0.5, 0.6) is 5.75 Å². The van der Waals surface area contributed by atoms with E-state index in [0.29, 0.717) is 24.4 Å². The van der Waals surface area contributed by atoms with Gasteiger partial charge in [0.15, 0.2) is 0 Å². The number of hydrogen-bond acceptors (Lipinski definition) is 4. The lowest BCUT2D eigenvalue weighted by Crippen LogP contribution is -2.39. The van der Waals surface area contributed by atoms with Crippen LogP contribution in [0, 0.1) is 5.95 Å². The topological polar surface area (TPSA) is 85.5 Å². The number of halogens is 1. The van der Waals surface area contributed by atoms with Crippen LogP contribution in [0.1, 0.15) is 34.7 Å². The number of primary amides is 1. The number of amides is 2. The number of aromatic nitrogens is 1. The van der Waals surface area contributed by atoms with Crippen LogP contribution in [0.4, 0.5) is 9.18 Å². The van der Waals surface area contributed by atoms with Gasteiger partial charge in [0.05, 0.1) is 0 Å². The monoisotopic (exact) mass is 419 g/mol. The van der Waals surface area contributed by atoms with Gasteiger partial charge < -0.3 is 15.4 Å². The molecule has 1 saturated heterocycles. The summed E-state index contributed by atoms with van der Waals surface area (Å²) < 4.78 is 18.5. The molecule has 0 spiro atoms. The number of carbonyl (C=O) groups is 2. The van der Waals surface area contributed by atoms with E-state index in [1.54, 1.807) is 41.4 Å². The number of likely N-dealkylation sites (tertiary alicyclic amines) is 1. The first-order valence-electron chi connectivity index (χ1n) is 10.1. The lowest BCUT2D eigenvalue weighted by molar-refractivity contribution is 0.1000. The van der Waals surface area contributed by atoms with Gasteiger partial charge in [-0.1, -0.05) is 30.3 Å². The summed E-state index contributed by atoms with van der Waals surface area (Å²) in [6.07, 6.45) is 2.75. The summed E-state index contributed by atoms with van der Waals surface area (Å²) >= 11 is 0. The van der Waals surface area contributed by atoms with Gasteiger partial charge in [-0.05, 0) is 65.8 Å². The van der Waals surface area contributed by atoms with E-state index >= 15 is 0 Å². The molecule has 0 radical (unpaired) electrons. The highest BCUT2D eigenvalue weighted by molar-refractivity contribution is 5.93. The lowest BCUT2D eigenvalue weighted by atomic mass is 9.91. The van der Waals surface area contributed by atoms with Gasteiger partial charge in [0, 0.05) is 24.8 Å². The summed E-state index contributed by atoms with van der Waals surface area (Å²) in [6, 6.07) is 17.3. The van der Waals surface area contributed by atoms with Crippen molar-refractivity contribution >= 4 is 12.0 Å². The van der Waals surface area contributed by atoms with E-state index in [4.69, 9.17) is 10.5 Å². The number of hydrogen-bond donors (Lipinski definition) is 1. The molecule has 0 bridgehead atoms. The largest absolute Gasteiger partial charge is 0.415 e. The molecular formula is C24H22FN3O3. The first kappa shape index (κ1) is 20.5. The zero-order valence-electron chi connectivity index (χ0n) is 16.8. The first-order valence-corrected chi connectivity index (χ1v) is 10.1. The average Bonchev–Trinajstić information content (AvgIpc) is 2.80. The smallest absolute Gasteiger partial charge is 0.410 e. The number of ether oxygens (including phenoxy) is 1. The summed E-state index contributed by atoms with van der Waals surface area (Å²) in [5.41, 5.74) is 8.58. The molecule has 2 N–H and O–H groups in total. The van der Waals surface area contributed by atoms with Crippen LogP contribution in [-0.2, 0) is 0 Å². The number of rotatable bonds is 4. The van der Waals surface area contributed by atoms with E-state index in [1.165, 1.54) is 6.07 Å². The Balaban J connectivity index is 1.32. The standard InChI is InChI=1S/C24H22FN3O3/c25-22-10-7-20(15-27-22)18-11-13-28(14-12-18)24(30)31-21-8-5-17(6-9-21)16-1-3-19(4-2-16)23(26)29/h1-10,15,18H,11-14H2,(H2,26,29). The zero-order valence-corrected chi connectivity index (χ0v) is 16.8. The van der Waals surface area contributed by atoms with Crippen molar-refractivity contribution in [2.75, 3.05) is 13.1 Å². The van der Waals surface area contributed by atoms with Crippen LogP contribution < -0.4 is 10.5 Å². The Kier molecular flexibility index (Phi) is 5.93. The highest BCUT2D eigenvalue weighted by Gasteiger charge is 2.25. The number of nitrogens with two attached hydrogens (primary N) is 1. The molecule has 3 aromatic rings. The maximum Gasteiger partial charge on any atom is 0.415 e. The van der Waals surface area contributed by atoms with Gasteiger partial charge in [-0.2, -0.15) is 4.39 Å². The summed E-state index contributed by atoms with van der Waals surface area (Å²) in [6.45, 7) is 1.15. The van der Waals surface area contributed by atoms with Gasteiger partial charge in [-0.15, -0.1) is 0 Å². The van der Waals surface area contributed by atoms with E-state index in [0.717, 1.165) is 29.5 Å². The Labute approximate surface area is 179 Å². The lowest BCUT2D eigenvalue weighted by Gasteiger charge is -2.31. The fourth-order valence-corrected chi connectivity index (χ4v) is 3.73. The zero-order chi connectivity index (χ0) is 21.8. The highest BCUT2D eigenvalue weighted by Crippen LogP contribution is 2.28. The highest BCUT2D eigenvalue weighted by atomic mass is 19.1. The van der Waals surface area contributed by atoms with Crippen molar-refractivity contribution in [3.63, 3.8) is 0 Å². The molecule has 1 fully saturated rings. The number of nitrogens with zero attached hydrogens (tertiary/aromatic N) is 2. The Bertz CT molecular complexity index is 1060. The second kappa shape index (κ2) is 8.95. The molecule has 1 aliphatic heterocycles. The SMILES string of the molecule is NC(=O)c1ccc(-c2ccc(OC(=O)N3CCC(c4ccc(F)nc4)CC3)cc2)cc1. The van der Waals surface area contributed by atoms with Crippen molar-refractivity contribution < 1.29 is 18.7 Å². The van der Waals surface area contributed by atoms with Crippen molar-refractivity contribution in [2.45, 2.75) is 18.8 Å². The molecule has 31 heavy (non-hydrogen) atoms. The van der Waals surface area contributed by atoms with Crippen molar-refractivity contribution in [1.82, 2.24) is 9.88 Å². The van der Waals surface area contributed by atoms with E-state index in [1.807, 2.05) is 24.3 Å². The van der Waals surface area contributed by atoms with E-state index in [2.05, 4.69) is 4.98 Å². The molecule has 2 heterocycles. The van der Waals surface area contributed by atoms with Crippen LogP contribution in [0.25, 0.3) is 11.1 Å². The van der Waals surface area contributed by atoms with E-state index in [9.17, 15) is 14.0 Å². The number of pyridine rings is 1. The molecule has 2 aromatic carbocycles. The minimum atomic E-state index is -0.488. The Morgan fingerprint density at radius 1 is 0.935 bits per heavy atom. The molecule has 0 saturated carbocycles. The molecule has 7 heteroatoms. The molecule has 0 aliphatic carbocycles. The molecule has 1 aliphatic rings. The third-order valence-electron chi connectivity index (χ3n) is 5.54. The van der Waals surface area contributed by atoms with Crippen LogP contribution in [0.2, 0.25) is 0 Å². The molecule has 1 aromatic heterocycles. The summed E-state index contributed by atoms with van der Waals surface area (Å²) in [5, 5.41) is 0. The van der Waals surface area contributed by atoms with Crippen LogP contribution in [0.3, 0.4) is 0 Å². The number of carbonyl (C=O) groups excluding carboxylic acids is 2. The number of benzene rings is 2. The van der Waals surface area contributed by atoms with Gasteiger partial charge in [0.1, 0.15) is 5.75 Å². The predicted molar refractivity (Wildman–Crippen MR) is 114 cm³/mol. The molecule has 0 atom stereocenters. The van der Waals surface area contributed by atoms with Gasteiger partial charge in [0.2, 0.25) is 11.9 Å². The minimum Gasteiger partial charge on any atom is -0.410 e. The Morgan fingerprint density at radius 2 is 1.55 bits per heavy atom. The Hall–Kier alpha value is -3.74. The van der Waals surface area contributed by atoms with Gasteiger partial charge in [0.25, 0.3) is 0 Å². The molecule has 6 nitrogen and oxygen atoms in total. The van der Waals surface area contributed by atoms with Crippen molar-refractivity contribution in [2.24, 2.45) is 5.73 Å². The minimum absolute atomic E-state index is 0.261. The summed E-state index contributed by atoms with van der Waals surface area (Å²) in [5.74, 6) is -0.226. The van der Waals surface area contributed by atoms with Crippen LogP contribution in [-0.4, -0.2) is 35.0 Å². The van der Waals surface area contributed by atoms with Crippen LogP contribution >= 0.6 is 0 Å². The predicted octanol–water partition coefficient (Wildman–Crippen LogP) is 4.37. The van der Waals surface area contributed by atoms with E-state index in [-0.39, 0.29) is 12.0 Å². The maximum absolute atomic E-state index is 13.0. The molecule has 158 valence electrons. The second-order valence-electron chi connectivity index (χ2n) is 7.51. The molecular weight excluding hydrogens is 397 g/mol. The van der Waals surface area contributed by atoms with Crippen molar-refractivity contribution in [3.8, 4) is 16.9 Å². The third-order valence-corrected chi connectivity index (χ3v) is 5.54. The Morgan fingerprint density at radius 3 is 2.10 bits per heavy atom. The van der Waals surface area contributed by atoms with Gasteiger partial charge >= 0.3 is 6.09 Å². The first-order chi connectivity index (χ1) is 15.0. The second-order valence-corrected chi connectivity index (χ2v) is 7.51. The van der Waals surface area contributed by atoms with Crippen molar-refractivity contribution in [1.29, 1.82) is 0 Å². The molecule has 0 unspecified atom stereocenters. The quantitative estimate of drug-likeness (QED) is 0.637. The maximum atomic E-state index is 13.0. The van der Waals surface area contributed by atoms with Gasteiger partial charge in [-0.25, -0.2) is 9.78 Å². The van der Waals surface area contributed by atoms with Gasteiger partial charge in [-0.3, -0.25) is 4.79 Å². The van der Waals surface area contributed by atoms with Crippen molar-refractivity contribution in [3.05, 3.63) is 83.9 Å². The summed E-state index contributed by atoms with van der Waals surface area (Å²) in [7, 11) is 0. The third kappa shape index (κ3) is 4.88. The number of piperidine rings is 1. The average molecular weight is 419 g/mol. The molecule has 4 rings (SSSR count). The normalized spacial score (nSPS) is 14.3. The molecule has 2 amide bonds. The fraction of sp³-hybridized carbons (Fsp3) is 0.208. The summed E-state index contributed by atoms with van der Waals surface area (Å²) in [4.78, 5) is 29.1. The van der Waals surface area contributed by atoms with E-state index < -0.39 is 11.9 Å².